The van der Waals surface area contributed by atoms with E-state index in [0.29, 0.717) is 19.3 Å². The summed E-state index contributed by atoms with van der Waals surface area (Å²) in [7, 11) is 0. The van der Waals surface area contributed by atoms with Crippen LogP contribution in [0.25, 0.3) is 0 Å². The summed E-state index contributed by atoms with van der Waals surface area (Å²) >= 11 is 0. The summed E-state index contributed by atoms with van der Waals surface area (Å²) in [5.74, 6) is -3.10. The number of rotatable bonds is 18. The Hall–Kier alpha value is -6.18. The molecule has 0 aromatic rings. The van der Waals surface area contributed by atoms with E-state index in [2.05, 4.69) is 54.2 Å². The Balaban J connectivity index is 0.000000320. The molecule has 9 atom stereocenters. The van der Waals surface area contributed by atoms with Crippen molar-refractivity contribution in [2.45, 2.75) is 173 Å². The molecular formula is C53H81N5O15. The Labute approximate surface area is 430 Å². The third-order valence-corrected chi connectivity index (χ3v) is 12.5. The second-order valence-corrected chi connectivity index (χ2v) is 21.9. The fourth-order valence-electron chi connectivity index (χ4n) is 8.50. The van der Waals surface area contributed by atoms with Gasteiger partial charge in [0, 0.05) is 30.7 Å². The van der Waals surface area contributed by atoms with Crippen LogP contribution in [0.1, 0.15) is 121 Å². The SMILES string of the molecule is C=CCOC(=O)[C@@]1(NC(=O)OC(C)(C)C)C[C@H]1C=C.C=CCOC(=O)[C@@]1(NC(=O)[C@@H]2C[C@@H](O)CN2C(=O)[C@@H](NC(=O)OC2CCCC2)C(C)(C)C)C[C@H]1C=C.C=C[C@@H]1C[C@]1(NC(=O)OC(C)(C)C)C(=O)OCC. The molecule has 0 spiro atoms. The van der Waals surface area contributed by atoms with Crippen LogP contribution in [0.5, 0.6) is 0 Å². The highest BCUT2D eigenvalue weighted by Gasteiger charge is 2.64. The molecule has 1 aliphatic heterocycles. The first-order valence-electron chi connectivity index (χ1n) is 24.8. The molecule has 0 aromatic heterocycles. The van der Waals surface area contributed by atoms with Gasteiger partial charge in [0.25, 0.3) is 0 Å². The summed E-state index contributed by atoms with van der Waals surface area (Å²) in [5, 5.41) is 21.0. The first kappa shape index (κ1) is 61.1. The van der Waals surface area contributed by atoms with Gasteiger partial charge in [-0.15, -0.1) is 19.7 Å². The summed E-state index contributed by atoms with van der Waals surface area (Å²) in [6.45, 7) is 36.0. The van der Waals surface area contributed by atoms with Gasteiger partial charge < -0.3 is 59.7 Å². The number of aliphatic hydroxyl groups excluding tert-OH is 1. The van der Waals surface area contributed by atoms with Crippen molar-refractivity contribution in [1.82, 2.24) is 26.2 Å². The maximum atomic E-state index is 13.6. The Morgan fingerprint density at radius 3 is 1.41 bits per heavy atom. The summed E-state index contributed by atoms with van der Waals surface area (Å²) < 4.78 is 30.9. The first-order chi connectivity index (χ1) is 33.9. The van der Waals surface area contributed by atoms with E-state index >= 15 is 0 Å². The number of hydrogen-bond acceptors (Lipinski definition) is 15. The lowest BCUT2D eigenvalue weighted by atomic mass is 9.85. The van der Waals surface area contributed by atoms with Crippen LogP contribution < -0.4 is 21.3 Å². The van der Waals surface area contributed by atoms with Crippen molar-refractivity contribution < 1.29 is 71.9 Å². The normalized spacial score (nSPS) is 27.1. The Bertz CT molecular complexity index is 2080. The highest BCUT2D eigenvalue weighted by atomic mass is 16.6. The van der Waals surface area contributed by atoms with Gasteiger partial charge in [0.05, 0.1) is 12.7 Å². The number of β-amino-alcohol motifs (C(OH)–C–C–N with tert-alkyl or cyclic N) is 1. The molecule has 0 bridgehead atoms. The molecule has 5 fully saturated rings. The van der Waals surface area contributed by atoms with Crippen molar-refractivity contribution in [3.63, 3.8) is 0 Å². The summed E-state index contributed by atoms with van der Waals surface area (Å²) in [6.07, 6.45) is 9.68. The van der Waals surface area contributed by atoms with Gasteiger partial charge in [-0.1, -0.05) is 64.3 Å². The van der Waals surface area contributed by atoms with E-state index in [4.69, 9.17) is 28.4 Å². The number of carbonyl (C=O) groups excluding carboxylic acids is 8. The molecule has 5 amide bonds. The molecule has 5 aliphatic rings. The predicted molar refractivity (Wildman–Crippen MR) is 270 cm³/mol. The molecule has 1 heterocycles. The van der Waals surface area contributed by atoms with Gasteiger partial charge in [-0.3, -0.25) is 9.59 Å². The topological polar surface area (TPSA) is 264 Å². The van der Waals surface area contributed by atoms with Crippen LogP contribution in [-0.4, -0.2) is 136 Å². The molecule has 20 nitrogen and oxygen atoms in total. The largest absolute Gasteiger partial charge is 0.464 e. The predicted octanol–water partition coefficient (Wildman–Crippen LogP) is 6.03. The molecule has 4 aliphatic carbocycles. The third kappa shape index (κ3) is 16.9. The lowest BCUT2D eigenvalue weighted by Gasteiger charge is -2.35. The summed E-state index contributed by atoms with van der Waals surface area (Å²) in [4.78, 5) is 101. The molecule has 5 rings (SSSR count). The average molecular weight is 1030 g/mol. The maximum absolute atomic E-state index is 13.6. The Morgan fingerprint density at radius 2 is 1.05 bits per heavy atom. The molecule has 4 saturated carbocycles. The second kappa shape index (κ2) is 25.2. The van der Waals surface area contributed by atoms with Crippen molar-refractivity contribution in [3.8, 4) is 0 Å². The zero-order chi connectivity index (χ0) is 55.3. The quantitative estimate of drug-likeness (QED) is 0.0597. The second-order valence-electron chi connectivity index (χ2n) is 21.9. The third-order valence-electron chi connectivity index (χ3n) is 12.5. The minimum Gasteiger partial charge on any atom is -0.464 e. The molecule has 73 heavy (non-hydrogen) atoms. The number of esters is 3. The molecular weight excluding hydrogens is 947 g/mol. The zero-order valence-corrected chi connectivity index (χ0v) is 44.6. The fraction of sp³-hybridized carbons (Fsp3) is 0.660. The van der Waals surface area contributed by atoms with Crippen LogP contribution in [0, 0.1) is 23.2 Å². The van der Waals surface area contributed by atoms with Gasteiger partial charge in [0.15, 0.2) is 0 Å². The number of carbonyl (C=O) groups is 8. The smallest absolute Gasteiger partial charge is 0.408 e. The number of nitrogens with one attached hydrogen (secondary N) is 4. The number of likely N-dealkylation sites (tertiary alicyclic amines) is 1. The van der Waals surface area contributed by atoms with E-state index in [1.165, 1.54) is 17.1 Å². The highest BCUT2D eigenvalue weighted by Crippen LogP contribution is 2.47. The number of ether oxygens (including phenoxy) is 6. The van der Waals surface area contributed by atoms with Gasteiger partial charge in [-0.2, -0.15) is 0 Å². The highest BCUT2D eigenvalue weighted by molar-refractivity contribution is 5.97. The summed E-state index contributed by atoms with van der Waals surface area (Å²) in [5.41, 5.74) is -5.18. The lowest BCUT2D eigenvalue weighted by Crippen LogP contribution is -2.59. The van der Waals surface area contributed by atoms with Gasteiger partial charge in [0.1, 0.15) is 59.2 Å². The minimum atomic E-state index is -1.25. The van der Waals surface area contributed by atoms with Gasteiger partial charge in [-0.25, -0.2) is 28.8 Å². The van der Waals surface area contributed by atoms with Crippen molar-refractivity contribution in [2.24, 2.45) is 23.2 Å². The van der Waals surface area contributed by atoms with Crippen molar-refractivity contribution in [1.29, 1.82) is 0 Å². The molecule has 408 valence electrons. The number of amides is 5. The number of hydrogen-bond donors (Lipinski definition) is 5. The lowest BCUT2D eigenvalue weighted by molar-refractivity contribution is -0.150. The molecule has 0 unspecified atom stereocenters. The standard InChI is InChI=1S/C26H39N3O7.C14H21NO4.C13H21NO4/c1-6-12-35-23(33)26(14-16(26)7-2)28-21(31)19-13-17(30)15-29(19)22(32)20(25(3,4)5)27-24(34)36-18-10-8-9-11-18;1-6-8-18-11(16)14(9-10(14)7-2)15-12(17)19-13(3,4)5;1-6-9-8-13(9,10(15)17-7-2)14-11(16)18-12(3,4)5/h6-7,16-20,30H,1-2,8-15H2,3-5H3,(H,27,34)(H,28,31);6-7,10H,1-2,8-9H2,3-5H3,(H,15,17);6,9H,1,7-8H2,2-5H3,(H,14,16)/t16-,17-,19+,20-,26-;10-,14-;9-,13-/m111/s1. The van der Waals surface area contributed by atoms with Gasteiger partial charge >= 0.3 is 36.2 Å². The molecule has 1 saturated heterocycles. The average Bonchev–Trinajstić information content (AvgIpc) is 4.22. The van der Waals surface area contributed by atoms with E-state index in [1.54, 1.807) is 87.5 Å². The monoisotopic (exact) mass is 1030 g/mol. The molecule has 20 heteroatoms. The Morgan fingerprint density at radius 1 is 0.644 bits per heavy atom. The van der Waals surface area contributed by atoms with E-state index in [1.807, 2.05) is 0 Å². The van der Waals surface area contributed by atoms with Gasteiger partial charge in [0.2, 0.25) is 11.8 Å². The van der Waals surface area contributed by atoms with Crippen LogP contribution in [0.4, 0.5) is 14.4 Å². The number of alkyl carbamates (subject to hydrolysis) is 3. The number of nitrogens with zero attached hydrogens (tertiary/aromatic N) is 1. The maximum Gasteiger partial charge on any atom is 0.408 e. The van der Waals surface area contributed by atoms with Crippen LogP contribution in [0.2, 0.25) is 0 Å². The van der Waals surface area contributed by atoms with E-state index in [0.717, 1.165) is 25.7 Å². The first-order valence-corrected chi connectivity index (χ1v) is 24.8. The zero-order valence-electron chi connectivity index (χ0n) is 44.6. The van der Waals surface area contributed by atoms with Crippen molar-refractivity contribution in [3.05, 3.63) is 63.3 Å². The Kier molecular flexibility index (Phi) is 21.1. The minimum absolute atomic E-state index is 0.00294. The summed E-state index contributed by atoms with van der Waals surface area (Å²) in [6, 6.07) is -2.00. The van der Waals surface area contributed by atoms with E-state index in [-0.39, 0.29) is 56.6 Å². The number of aliphatic hydroxyl groups is 1. The van der Waals surface area contributed by atoms with Gasteiger partial charge in [-0.05, 0) is 98.8 Å². The fourth-order valence-corrected chi connectivity index (χ4v) is 8.50. The van der Waals surface area contributed by atoms with Crippen LogP contribution in [0.15, 0.2) is 63.3 Å². The van der Waals surface area contributed by atoms with Crippen LogP contribution in [-0.2, 0) is 52.4 Å². The van der Waals surface area contributed by atoms with Crippen LogP contribution >= 0.6 is 0 Å². The molecule has 5 N–H and O–H groups in total. The van der Waals surface area contributed by atoms with E-state index < -0.39 is 99.4 Å². The molecule has 0 radical (unpaired) electrons. The molecule has 0 aromatic carbocycles. The van der Waals surface area contributed by atoms with Crippen molar-refractivity contribution in [2.75, 3.05) is 26.4 Å². The van der Waals surface area contributed by atoms with Crippen molar-refractivity contribution >= 4 is 48.0 Å². The van der Waals surface area contributed by atoms with Crippen LogP contribution in [0.3, 0.4) is 0 Å². The van der Waals surface area contributed by atoms with E-state index in [9.17, 15) is 43.5 Å².